The van der Waals surface area contributed by atoms with Crippen molar-refractivity contribution in [2.24, 2.45) is 11.8 Å². The van der Waals surface area contributed by atoms with Crippen molar-refractivity contribution in [2.45, 2.75) is 99.7 Å². The minimum atomic E-state index is -1.61. The maximum atomic E-state index is 11.7. The predicted molar refractivity (Wildman–Crippen MR) is 144 cm³/mol. The van der Waals surface area contributed by atoms with Gasteiger partial charge in [0.1, 0.15) is 24.1 Å². The highest BCUT2D eigenvalue weighted by atomic mass is 16.7. The Kier molecular flexibility index (Phi) is 10.1. The molecule has 1 aliphatic carbocycles. The third-order valence-electron chi connectivity index (χ3n) is 8.72. The first-order valence-electron chi connectivity index (χ1n) is 14.1. The van der Waals surface area contributed by atoms with Gasteiger partial charge in [0.2, 0.25) is 6.29 Å². The summed E-state index contributed by atoms with van der Waals surface area (Å²) >= 11 is 0. The van der Waals surface area contributed by atoms with Crippen molar-refractivity contribution in [2.75, 3.05) is 13.2 Å². The maximum absolute atomic E-state index is 11.7. The van der Waals surface area contributed by atoms with Crippen molar-refractivity contribution in [1.29, 1.82) is 0 Å². The number of aliphatic hydroxyl groups is 6. The van der Waals surface area contributed by atoms with Gasteiger partial charge in [-0.1, -0.05) is 31.1 Å². The van der Waals surface area contributed by atoms with Crippen LogP contribution in [0.5, 0.6) is 5.75 Å². The Morgan fingerprint density at radius 3 is 2.46 bits per heavy atom. The third-order valence-corrected chi connectivity index (χ3v) is 8.72. The van der Waals surface area contributed by atoms with Gasteiger partial charge < -0.3 is 44.8 Å². The molecular formula is C30H44O9. The Bertz CT molecular complexity index is 944. The summed E-state index contributed by atoms with van der Waals surface area (Å²) in [4.78, 5) is 0. The lowest BCUT2D eigenvalue weighted by Gasteiger charge is -2.52. The van der Waals surface area contributed by atoms with Crippen molar-refractivity contribution in [3.8, 4) is 5.75 Å². The Hall–Kier alpha value is -1.98. The van der Waals surface area contributed by atoms with Crippen molar-refractivity contribution in [1.82, 2.24) is 0 Å². The van der Waals surface area contributed by atoms with Crippen LogP contribution in [0.4, 0.5) is 0 Å². The number of benzene rings is 1. The van der Waals surface area contributed by atoms with Gasteiger partial charge in [0, 0.05) is 19.6 Å². The van der Waals surface area contributed by atoms with E-state index in [2.05, 4.69) is 6.58 Å². The molecule has 2 heterocycles. The van der Waals surface area contributed by atoms with Gasteiger partial charge in [-0.2, -0.15) is 0 Å². The van der Waals surface area contributed by atoms with Gasteiger partial charge in [-0.25, -0.2) is 0 Å². The second kappa shape index (κ2) is 13.1. The SMILES string of the molecule is C=CCc1ccc(OC2OC(C(O)CCCO)C(O)C(O)C23CC(C2(O)CCCC2)C(CCO)C=CO3)cc1. The van der Waals surface area contributed by atoms with E-state index in [1.165, 1.54) is 6.26 Å². The van der Waals surface area contributed by atoms with Gasteiger partial charge in [-0.05, 0) is 74.1 Å². The summed E-state index contributed by atoms with van der Waals surface area (Å²) in [7, 11) is 0. The number of hydrogen-bond donors (Lipinski definition) is 6. The van der Waals surface area contributed by atoms with E-state index in [4.69, 9.17) is 14.2 Å². The lowest BCUT2D eigenvalue weighted by atomic mass is 9.68. The molecule has 8 atom stereocenters. The van der Waals surface area contributed by atoms with E-state index < -0.39 is 47.8 Å². The zero-order chi connectivity index (χ0) is 28.0. The van der Waals surface area contributed by atoms with Crippen LogP contribution in [0.25, 0.3) is 0 Å². The molecular weight excluding hydrogens is 504 g/mol. The minimum absolute atomic E-state index is 0.0770. The van der Waals surface area contributed by atoms with E-state index in [-0.39, 0.29) is 32.0 Å². The molecule has 1 spiro atoms. The monoisotopic (exact) mass is 548 g/mol. The van der Waals surface area contributed by atoms with Crippen molar-refractivity contribution >= 4 is 0 Å². The summed E-state index contributed by atoms with van der Waals surface area (Å²) in [5.74, 6) is -0.193. The fourth-order valence-electron chi connectivity index (χ4n) is 6.53. The van der Waals surface area contributed by atoms with Crippen LogP contribution in [-0.4, -0.2) is 85.8 Å². The van der Waals surface area contributed by atoms with Gasteiger partial charge in [-0.3, -0.25) is 0 Å². The van der Waals surface area contributed by atoms with Crippen LogP contribution >= 0.6 is 0 Å². The van der Waals surface area contributed by atoms with E-state index in [9.17, 15) is 30.6 Å². The predicted octanol–water partition coefficient (Wildman–Crippen LogP) is 1.97. The molecule has 2 aliphatic heterocycles. The maximum Gasteiger partial charge on any atom is 0.243 e. The van der Waals surface area contributed by atoms with Gasteiger partial charge in [0.05, 0.1) is 18.0 Å². The molecule has 0 amide bonds. The lowest BCUT2D eigenvalue weighted by Crippen LogP contribution is -2.70. The fourth-order valence-corrected chi connectivity index (χ4v) is 6.53. The molecule has 39 heavy (non-hydrogen) atoms. The second-order valence-corrected chi connectivity index (χ2v) is 11.3. The molecule has 0 aromatic heterocycles. The van der Waals surface area contributed by atoms with Crippen molar-refractivity contribution in [3.63, 3.8) is 0 Å². The molecule has 4 rings (SSSR count). The molecule has 6 N–H and O–H groups in total. The summed E-state index contributed by atoms with van der Waals surface area (Å²) in [6, 6.07) is 7.32. The largest absolute Gasteiger partial charge is 0.486 e. The van der Waals surface area contributed by atoms with Crippen LogP contribution in [-0.2, 0) is 15.9 Å². The molecule has 9 heteroatoms. The Balaban J connectivity index is 1.72. The molecule has 8 unspecified atom stereocenters. The van der Waals surface area contributed by atoms with Gasteiger partial charge >= 0.3 is 0 Å². The molecule has 1 aromatic carbocycles. The summed E-state index contributed by atoms with van der Waals surface area (Å²) in [6.07, 6.45) is 2.93. The highest BCUT2D eigenvalue weighted by molar-refractivity contribution is 5.29. The number of rotatable bonds is 11. The molecule has 1 saturated carbocycles. The average Bonchev–Trinajstić information content (AvgIpc) is 3.28. The van der Waals surface area contributed by atoms with Crippen LogP contribution < -0.4 is 4.74 Å². The first-order valence-corrected chi connectivity index (χ1v) is 14.1. The molecule has 218 valence electrons. The minimum Gasteiger partial charge on any atom is -0.486 e. The highest BCUT2D eigenvalue weighted by Gasteiger charge is 2.63. The average molecular weight is 549 g/mol. The molecule has 0 bridgehead atoms. The number of allylic oxidation sites excluding steroid dienone is 2. The first kappa shape index (κ1) is 30.0. The molecule has 0 radical (unpaired) electrons. The zero-order valence-electron chi connectivity index (χ0n) is 22.5. The zero-order valence-corrected chi connectivity index (χ0v) is 22.5. The third kappa shape index (κ3) is 6.35. The number of hydrogen-bond acceptors (Lipinski definition) is 9. The highest BCUT2D eigenvalue weighted by Crippen LogP contribution is 2.50. The summed E-state index contributed by atoms with van der Waals surface area (Å²) < 4.78 is 18.8. The molecule has 1 saturated heterocycles. The van der Waals surface area contributed by atoms with E-state index in [1.807, 2.05) is 12.1 Å². The molecule has 1 aromatic rings. The van der Waals surface area contributed by atoms with Gasteiger partial charge in [0.15, 0.2) is 5.60 Å². The van der Waals surface area contributed by atoms with Crippen LogP contribution in [0.3, 0.4) is 0 Å². The van der Waals surface area contributed by atoms with Crippen LogP contribution in [0, 0.1) is 11.8 Å². The summed E-state index contributed by atoms with van der Waals surface area (Å²) in [6.45, 7) is 3.55. The van der Waals surface area contributed by atoms with Crippen LogP contribution in [0.2, 0.25) is 0 Å². The summed E-state index contributed by atoms with van der Waals surface area (Å²) in [5.41, 5.74) is -1.62. The van der Waals surface area contributed by atoms with Crippen molar-refractivity contribution < 1.29 is 44.8 Å². The lowest BCUT2D eigenvalue weighted by molar-refractivity contribution is -0.335. The topological polar surface area (TPSA) is 149 Å². The Morgan fingerprint density at radius 2 is 1.82 bits per heavy atom. The standard InChI is InChI=1S/C30H44O9/c1-2-6-20-8-10-22(11-9-20)38-28-30(27(35)25(34)26(39-28)24(33)7-5-16-31)19-23(29(36)14-3-4-15-29)21(12-17-32)13-18-37-30/h2,8-11,13,18,21,23-28,31-36H,1,3-7,12,14-17,19H2. The summed E-state index contributed by atoms with van der Waals surface area (Å²) in [5, 5.41) is 64.4. The number of aliphatic hydroxyl groups excluding tert-OH is 5. The van der Waals surface area contributed by atoms with E-state index >= 15 is 0 Å². The molecule has 9 nitrogen and oxygen atoms in total. The van der Waals surface area contributed by atoms with Crippen molar-refractivity contribution in [3.05, 3.63) is 54.8 Å². The molecule has 2 fully saturated rings. The Labute approximate surface area is 230 Å². The van der Waals surface area contributed by atoms with E-state index in [1.54, 1.807) is 24.3 Å². The van der Waals surface area contributed by atoms with E-state index in [0.717, 1.165) is 18.4 Å². The number of ether oxygens (including phenoxy) is 3. The van der Waals surface area contributed by atoms with Crippen LogP contribution in [0.1, 0.15) is 56.9 Å². The quantitative estimate of drug-likeness (QED) is 0.228. The Morgan fingerprint density at radius 1 is 1.10 bits per heavy atom. The first-order chi connectivity index (χ1) is 18.8. The molecule has 3 aliphatic rings. The van der Waals surface area contributed by atoms with E-state index in [0.29, 0.717) is 37.9 Å². The van der Waals surface area contributed by atoms with Crippen LogP contribution in [0.15, 0.2) is 49.3 Å². The normalized spacial score (nSPS) is 34.8. The van der Waals surface area contributed by atoms with Gasteiger partial charge in [-0.15, -0.1) is 6.58 Å². The second-order valence-electron chi connectivity index (χ2n) is 11.3. The smallest absolute Gasteiger partial charge is 0.243 e. The fraction of sp³-hybridized carbons (Fsp3) is 0.667. The van der Waals surface area contributed by atoms with Gasteiger partial charge in [0.25, 0.3) is 0 Å².